The molecule has 160 valence electrons. The van der Waals surface area contributed by atoms with Gasteiger partial charge in [0.1, 0.15) is 5.82 Å². The maximum absolute atomic E-state index is 13.3. The topological polar surface area (TPSA) is 58.2 Å². The van der Waals surface area contributed by atoms with E-state index in [0.717, 1.165) is 24.8 Å². The van der Waals surface area contributed by atoms with Crippen molar-refractivity contribution in [2.45, 2.75) is 31.7 Å². The smallest absolute Gasteiger partial charge is 0.239 e. The second-order valence-electron chi connectivity index (χ2n) is 7.49. The normalized spacial score (nSPS) is 11.5. The Morgan fingerprint density at radius 2 is 1.48 bits per heavy atom. The van der Waals surface area contributed by atoms with Crippen LogP contribution in [-0.2, 0) is 22.4 Å². The van der Waals surface area contributed by atoms with E-state index < -0.39 is 0 Å². The summed E-state index contributed by atoms with van der Waals surface area (Å²) >= 11 is 0. The van der Waals surface area contributed by atoms with Crippen molar-refractivity contribution in [3.63, 3.8) is 0 Å². The van der Waals surface area contributed by atoms with Crippen LogP contribution in [0.4, 0.5) is 4.39 Å². The van der Waals surface area contributed by atoms with Gasteiger partial charge in [-0.05, 0) is 48.1 Å². The molecule has 0 saturated carbocycles. The van der Waals surface area contributed by atoms with Gasteiger partial charge in [0.2, 0.25) is 11.8 Å². The molecule has 0 radical (unpaired) electrons. The summed E-state index contributed by atoms with van der Waals surface area (Å²) < 4.78 is 13.3. The molecule has 2 N–H and O–H groups in total. The molecule has 0 aliphatic rings. The number of carbonyl (C=O) groups excluding carboxylic acids is 2. The molecule has 5 heteroatoms. The minimum absolute atomic E-state index is 0.0320. The van der Waals surface area contributed by atoms with Gasteiger partial charge in [0.15, 0.2) is 0 Å². The zero-order valence-electron chi connectivity index (χ0n) is 17.4. The van der Waals surface area contributed by atoms with E-state index in [-0.39, 0.29) is 36.6 Å². The summed E-state index contributed by atoms with van der Waals surface area (Å²) in [5.74, 6) is -0.952. The predicted molar refractivity (Wildman–Crippen MR) is 120 cm³/mol. The Hall–Kier alpha value is -3.47. The number of benzene rings is 3. The van der Waals surface area contributed by atoms with Crippen LogP contribution >= 0.6 is 0 Å². The summed E-state index contributed by atoms with van der Waals surface area (Å²) in [5.41, 5.74) is 2.88. The van der Waals surface area contributed by atoms with E-state index in [9.17, 15) is 14.0 Å². The Bertz CT molecular complexity index is 977. The Balaban J connectivity index is 1.51. The van der Waals surface area contributed by atoms with E-state index in [1.54, 1.807) is 12.1 Å². The number of hydrogen-bond acceptors (Lipinski definition) is 2. The molecule has 0 saturated heterocycles. The van der Waals surface area contributed by atoms with Gasteiger partial charge in [-0.1, -0.05) is 72.8 Å². The molecule has 0 aromatic heterocycles. The maximum atomic E-state index is 13.3. The number of carbonyl (C=O) groups is 2. The summed E-state index contributed by atoms with van der Waals surface area (Å²) in [7, 11) is 0. The quantitative estimate of drug-likeness (QED) is 0.514. The monoisotopic (exact) mass is 418 g/mol. The average molecular weight is 419 g/mol. The lowest BCUT2D eigenvalue weighted by atomic mass is 9.99. The summed E-state index contributed by atoms with van der Waals surface area (Å²) in [6.07, 6.45) is 2.69. The van der Waals surface area contributed by atoms with E-state index >= 15 is 0 Å². The second-order valence-corrected chi connectivity index (χ2v) is 7.49. The van der Waals surface area contributed by atoms with Crippen molar-refractivity contribution in [2.24, 2.45) is 0 Å². The number of halogens is 1. The number of aryl methyl sites for hydroxylation is 1. The minimum Gasteiger partial charge on any atom is -0.348 e. The fraction of sp³-hybridized carbons (Fsp3) is 0.231. The Morgan fingerprint density at radius 1 is 0.806 bits per heavy atom. The zero-order valence-corrected chi connectivity index (χ0v) is 17.4. The first-order valence-electron chi connectivity index (χ1n) is 10.5. The van der Waals surface area contributed by atoms with Gasteiger partial charge < -0.3 is 10.6 Å². The van der Waals surface area contributed by atoms with E-state index in [1.165, 1.54) is 17.7 Å². The molecule has 3 rings (SSSR count). The molecule has 0 fully saturated rings. The maximum Gasteiger partial charge on any atom is 0.239 e. The van der Waals surface area contributed by atoms with Crippen LogP contribution < -0.4 is 10.6 Å². The molecule has 2 amide bonds. The highest BCUT2D eigenvalue weighted by molar-refractivity contribution is 5.85. The van der Waals surface area contributed by atoms with Crippen molar-refractivity contribution in [2.75, 3.05) is 6.54 Å². The largest absolute Gasteiger partial charge is 0.348 e. The molecule has 0 aliphatic carbocycles. The number of rotatable bonds is 10. The van der Waals surface area contributed by atoms with E-state index in [4.69, 9.17) is 0 Å². The minimum atomic E-state index is -0.385. The fourth-order valence-corrected chi connectivity index (χ4v) is 3.48. The van der Waals surface area contributed by atoms with Gasteiger partial charge in [0, 0.05) is 0 Å². The van der Waals surface area contributed by atoms with Crippen molar-refractivity contribution in [3.8, 4) is 0 Å². The van der Waals surface area contributed by atoms with Crippen molar-refractivity contribution >= 4 is 11.8 Å². The van der Waals surface area contributed by atoms with Crippen LogP contribution in [0.1, 0.15) is 35.6 Å². The van der Waals surface area contributed by atoms with Gasteiger partial charge in [0.25, 0.3) is 0 Å². The molecular formula is C26H27FN2O2. The van der Waals surface area contributed by atoms with Crippen LogP contribution in [0.15, 0.2) is 84.9 Å². The highest BCUT2D eigenvalue weighted by atomic mass is 19.1. The number of hydrogen-bond donors (Lipinski definition) is 2. The van der Waals surface area contributed by atoms with Crippen LogP contribution in [0.25, 0.3) is 0 Å². The molecule has 0 aliphatic heterocycles. The number of nitrogens with one attached hydrogen (secondary N) is 2. The number of amides is 2. The Kier molecular flexibility index (Phi) is 8.35. The molecule has 3 aromatic carbocycles. The molecule has 1 atom stereocenters. The molecule has 31 heavy (non-hydrogen) atoms. The molecule has 1 unspecified atom stereocenters. The van der Waals surface area contributed by atoms with Gasteiger partial charge >= 0.3 is 0 Å². The highest BCUT2D eigenvalue weighted by Gasteiger charge is 2.15. The lowest BCUT2D eigenvalue weighted by Gasteiger charge is -2.19. The molecule has 3 aromatic rings. The SMILES string of the molecule is O=C(Cc1cccc(F)c1)NCC(=O)NC(CCCc1ccccc1)c1ccccc1. The summed E-state index contributed by atoms with van der Waals surface area (Å²) in [6.45, 7) is -0.115. The lowest BCUT2D eigenvalue weighted by Crippen LogP contribution is -2.39. The van der Waals surface area contributed by atoms with E-state index in [1.807, 2.05) is 48.5 Å². The summed E-state index contributed by atoms with van der Waals surface area (Å²) in [4.78, 5) is 24.6. The third-order valence-electron chi connectivity index (χ3n) is 5.04. The van der Waals surface area contributed by atoms with Crippen LogP contribution in [0.2, 0.25) is 0 Å². The summed E-state index contributed by atoms with van der Waals surface area (Å²) in [5, 5.41) is 5.65. The first kappa shape index (κ1) is 22.2. The van der Waals surface area contributed by atoms with Crippen LogP contribution in [0, 0.1) is 5.82 Å². The van der Waals surface area contributed by atoms with Crippen LogP contribution in [0.5, 0.6) is 0 Å². The van der Waals surface area contributed by atoms with Crippen molar-refractivity contribution in [3.05, 3.63) is 107 Å². The van der Waals surface area contributed by atoms with Crippen molar-refractivity contribution in [1.29, 1.82) is 0 Å². The van der Waals surface area contributed by atoms with Crippen molar-refractivity contribution in [1.82, 2.24) is 10.6 Å². The standard InChI is InChI=1S/C26H27FN2O2/c27-23-15-7-12-21(17-23)18-25(30)28-19-26(31)29-24(22-13-5-2-6-14-22)16-8-11-20-9-3-1-4-10-20/h1-7,9-10,12-15,17,24H,8,11,16,18-19H2,(H,28,30)(H,29,31). The van der Waals surface area contributed by atoms with Gasteiger partial charge in [-0.2, -0.15) is 0 Å². The van der Waals surface area contributed by atoms with Gasteiger partial charge in [-0.15, -0.1) is 0 Å². The zero-order chi connectivity index (χ0) is 21.9. The van der Waals surface area contributed by atoms with E-state index in [2.05, 4.69) is 22.8 Å². The lowest BCUT2D eigenvalue weighted by molar-refractivity contribution is -0.126. The second kappa shape index (κ2) is 11.6. The van der Waals surface area contributed by atoms with Crippen LogP contribution in [0.3, 0.4) is 0 Å². The molecule has 0 spiro atoms. The Labute approximate surface area is 182 Å². The average Bonchev–Trinajstić information content (AvgIpc) is 2.78. The first-order valence-corrected chi connectivity index (χ1v) is 10.5. The molecule has 0 bridgehead atoms. The predicted octanol–water partition coefficient (Wildman–Crippen LogP) is 4.36. The summed E-state index contributed by atoms with van der Waals surface area (Å²) in [6, 6.07) is 25.9. The van der Waals surface area contributed by atoms with E-state index in [0.29, 0.717) is 5.56 Å². The molecule has 4 nitrogen and oxygen atoms in total. The van der Waals surface area contributed by atoms with Gasteiger partial charge in [0.05, 0.1) is 19.0 Å². The van der Waals surface area contributed by atoms with Gasteiger partial charge in [-0.3, -0.25) is 9.59 Å². The third kappa shape index (κ3) is 7.70. The molecule has 0 heterocycles. The fourth-order valence-electron chi connectivity index (χ4n) is 3.48. The highest BCUT2D eigenvalue weighted by Crippen LogP contribution is 2.19. The van der Waals surface area contributed by atoms with Crippen molar-refractivity contribution < 1.29 is 14.0 Å². The first-order chi connectivity index (χ1) is 15.1. The third-order valence-corrected chi connectivity index (χ3v) is 5.04. The van der Waals surface area contributed by atoms with Crippen LogP contribution in [-0.4, -0.2) is 18.4 Å². The van der Waals surface area contributed by atoms with Gasteiger partial charge in [-0.25, -0.2) is 4.39 Å². The Morgan fingerprint density at radius 3 is 2.19 bits per heavy atom. The molecular weight excluding hydrogens is 391 g/mol.